The lowest BCUT2D eigenvalue weighted by molar-refractivity contribution is -0.146. The molecule has 4 heterocycles. The van der Waals surface area contributed by atoms with Crippen LogP contribution in [0.1, 0.15) is 32.1 Å². The molecule has 4 rings (SSSR count). The van der Waals surface area contributed by atoms with Gasteiger partial charge in [-0.05, 0) is 31.7 Å². The van der Waals surface area contributed by atoms with E-state index in [-0.39, 0.29) is 17.9 Å². The number of aromatic nitrogens is 3. The number of hydrogen-bond donors (Lipinski definition) is 1. The number of likely N-dealkylation sites (tertiary alicyclic amines) is 1. The van der Waals surface area contributed by atoms with Crippen molar-refractivity contribution in [1.29, 1.82) is 5.26 Å². The van der Waals surface area contributed by atoms with Crippen LogP contribution < -0.4 is 4.90 Å². The van der Waals surface area contributed by atoms with Crippen LogP contribution in [-0.2, 0) is 4.79 Å². The van der Waals surface area contributed by atoms with Gasteiger partial charge in [0.25, 0.3) is 0 Å². The third-order valence-corrected chi connectivity index (χ3v) is 5.34. The minimum absolute atomic E-state index is 0.0304. The number of rotatable bonds is 2. The van der Waals surface area contributed by atoms with E-state index >= 15 is 0 Å². The molecule has 1 N–H and O–H groups in total. The van der Waals surface area contributed by atoms with Crippen molar-refractivity contribution < 1.29 is 4.79 Å². The fourth-order valence-corrected chi connectivity index (χ4v) is 4.08. The molecule has 1 unspecified atom stereocenters. The van der Waals surface area contributed by atoms with Crippen molar-refractivity contribution in [3.63, 3.8) is 0 Å². The minimum atomic E-state index is -0.141. The van der Waals surface area contributed by atoms with Gasteiger partial charge in [-0.1, -0.05) is 0 Å². The first kappa shape index (κ1) is 14.9. The van der Waals surface area contributed by atoms with Gasteiger partial charge in [0.1, 0.15) is 24.2 Å². The molecule has 2 aromatic rings. The van der Waals surface area contributed by atoms with Crippen molar-refractivity contribution in [3.05, 3.63) is 18.6 Å². The number of nitrogens with zero attached hydrogens (tertiary/aromatic N) is 5. The second kappa shape index (κ2) is 5.78. The van der Waals surface area contributed by atoms with E-state index in [0.29, 0.717) is 0 Å². The maximum absolute atomic E-state index is 12.3. The minimum Gasteiger partial charge on any atom is -0.354 e. The van der Waals surface area contributed by atoms with E-state index in [2.05, 4.69) is 19.9 Å². The van der Waals surface area contributed by atoms with Crippen LogP contribution in [0.3, 0.4) is 0 Å². The smallest absolute Gasteiger partial charge is 0.237 e. The predicted molar refractivity (Wildman–Crippen MR) is 89.2 cm³/mol. The summed E-state index contributed by atoms with van der Waals surface area (Å²) in [5, 5.41) is 9.86. The summed E-state index contributed by atoms with van der Waals surface area (Å²) in [5.41, 5.74) is 0.696. The molecular formula is C17H20N6O. The van der Waals surface area contributed by atoms with Gasteiger partial charge in [0.2, 0.25) is 5.91 Å². The Balaban J connectivity index is 1.65. The lowest BCUT2D eigenvalue weighted by Crippen LogP contribution is -2.66. The van der Waals surface area contributed by atoms with Crippen LogP contribution in [0.25, 0.3) is 11.0 Å². The molecule has 0 aliphatic carbocycles. The summed E-state index contributed by atoms with van der Waals surface area (Å²) in [4.78, 5) is 28.4. The van der Waals surface area contributed by atoms with Crippen LogP contribution in [0.5, 0.6) is 0 Å². The highest BCUT2D eigenvalue weighted by atomic mass is 16.2. The highest BCUT2D eigenvalue weighted by Crippen LogP contribution is 2.40. The van der Waals surface area contributed by atoms with E-state index in [1.54, 1.807) is 6.33 Å². The summed E-state index contributed by atoms with van der Waals surface area (Å²) >= 11 is 0. The van der Waals surface area contributed by atoms with Gasteiger partial charge in [0.05, 0.1) is 17.0 Å². The average molecular weight is 324 g/mol. The quantitative estimate of drug-likeness (QED) is 0.910. The highest BCUT2D eigenvalue weighted by molar-refractivity contribution is 5.87. The number of anilines is 1. The number of hydrogen-bond acceptors (Lipinski definition) is 5. The second-order valence-corrected chi connectivity index (χ2v) is 6.67. The third kappa shape index (κ3) is 2.30. The topological polar surface area (TPSA) is 88.9 Å². The first-order chi connectivity index (χ1) is 11.7. The number of nitrogens with one attached hydrogen (secondary N) is 1. The fraction of sp³-hybridized carbons (Fsp3) is 0.529. The highest BCUT2D eigenvalue weighted by Gasteiger charge is 2.48. The standard InChI is InChI=1S/C17H20N6O/c18-7-3-14(24)23-10-6-17(23)5-1-2-9-22(11-17)16-13-4-8-19-15(13)20-12-21-16/h4,8,12H,1-3,5-6,9-11H2,(H,19,20,21). The Labute approximate surface area is 140 Å². The summed E-state index contributed by atoms with van der Waals surface area (Å²) in [6.45, 7) is 2.47. The molecule has 0 bridgehead atoms. The Morgan fingerprint density at radius 1 is 1.33 bits per heavy atom. The van der Waals surface area contributed by atoms with Gasteiger partial charge in [-0.2, -0.15) is 5.26 Å². The largest absolute Gasteiger partial charge is 0.354 e. The zero-order valence-electron chi connectivity index (χ0n) is 13.5. The molecular weight excluding hydrogens is 304 g/mol. The Morgan fingerprint density at radius 3 is 3.04 bits per heavy atom. The second-order valence-electron chi connectivity index (χ2n) is 6.67. The van der Waals surface area contributed by atoms with Gasteiger partial charge < -0.3 is 14.8 Å². The number of fused-ring (bicyclic) bond motifs is 1. The van der Waals surface area contributed by atoms with Crippen LogP contribution in [0, 0.1) is 11.3 Å². The van der Waals surface area contributed by atoms with E-state index in [4.69, 9.17) is 5.26 Å². The van der Waals surface area contributed by atoms with Crippen LogP contribution in [0.2, 0.25) is 0 Å². The van der Waals surface area contributed by atoms with Crippen molar-refractivity contribution in [1.82, 2.24) is 19.9 Å². The molecule has 24 heavy (non-hydrogen) atoms. The number of nitriles is 1. The summed E-state index contributed by atoms with van der Waals surface area (Å²) in [6, 6.07) is 3.99. The SMILES string of the molecule is N#CCC(=O)N1CCC12CCCCN(c1ncnc3[nH]ccc13)C2. The molecule has 2 aliphatic rings. The summed E-state index contributed by atoms with van der Waals surface area (Å²) in [7, 11) is 0. The van der Waals surface area contributed by atoms with Crippen molar-refractivity contribution in [2.24, 2.45) is 0 Å². The maximum atomic E-state index is 12.3. The first-order valence-corrected chi connectivity index (χ1v) is 8.44. The Bertz CT molecular complexity index is 809. The van der Waals surface area contributed by atoms with Crippen molar-refractivity contribution >= 4 is 22.8 Å². The molecule has 7 nitrogen and oxygen atoms in total. The number of carbonyl (C=O) groups excluding carboxylic acids is 1. The van der Waals surface area contributed by atoms with Crippen LogP contribution in [-0.4, -0.2) is 50.9 Å². The third-order valence-electron chi connectivity index (χ3n) is 5.34. The molecule has 1 atom stereocenters. The predicted octanol–water partition coefficient (Wildman–Crippen LogP) is 1.83. The van der Waals surface area contributed by atoms with E-state index in [9.17, 15) is 4.79 Å². The average Bonchev–Trinajstić information content (AvgIpc) is 2.92. The van der Waals surface area contributed by atoms with Crippen molar-refractivity contribution in [2.75, 3.05) is 24.5 Å². The molecule has 1 amide bonds. The molecule has 2 saturated heterocycles. The molecule has 0 aromatic carbocycles. The van der Waals surface area contributed by atoms with E-state index in [1.165, 1.54) is 0 Å². The van der Waals surface area contributed by atoms with E-state index in [0.717, 1.165) is 62.2 Å². The lowest BCUT2D eigenvalue weighted by Gasteiger charge is -2.54. The number of H-pyrrole nitrogens is 1. The zero-order valence-corrected chi connectivity index (χ0v) is 13.5. The molecule has 7 heteroatoms. The molecule has 2 aliphatic heterocycles. The number of carbonyl (C=O) groups is 1. The summed E-state index contributed by atoms with van der Waals surface area (Å²) in [6.07, 6.45) is 7.61. The fourth-order valence-electron chi connectivity index (χ4n) is 4.08. The first-order valence-electron chi connectivity index (χ1n) is 8.44. The van der Waals surface area contributed by atoms with Gasteiger partial charge >= 0.3 is 0 Å². The maximum Gasteiger partial charge on any atom is 0.237 e. The van der Waals surface area contributed by atoms with Gasteiger partial charge in [0.15, 0.2) is 0 Å². The van der Waals surface area contributed by atoms with Crippen LogP contribution in [0.4, 0.5) is 5.82 Å². The molecule has 2 aromatic heterocycles. The van der Waals surface area contributed by atoms with E-state index in [1.807, 2.05) is 23.2 Å². The van der Waals surface area contributed by atoms with Crippen molar-refractivity contribution in [3.8, 4) is 6.07 Å². The number of aromatic amines is 1. The summed E-state index contributed by atoms with van der Waals surface area (Å²) < 4.78 is 0. The molecule has 1 spiro atoms. The van der Waals surface area contributed by atoms with Gasteiger partial charge in [0, 0.05) is 25.8 Å². The van der Waals surface area contributed by atoms with E-state index < -0.39 is 0 Å². The van der Waals surface area contributed by atoms with Crippen LogP contribution in [0.15, 0.2) is 18.6 Å². The Kier molecular flexibility index (Phi) is 3.60. The van der Waals surface area contributed by atoms with Gasteiger partial charge in [-0.25, -0.2) is 9.97 Å². The van der Waals surface area contributed by atoms with Gasteiger partial charge in [-0.15, -0.1) is 0 Å². The normalized spacial score (nSPS) is 23.8. The van der Waals surface area contributed by atoms with Gasteiger partial charge in [-0.3, -0.25) is 4.79 Å². The Hall–Kier alpha value is -2.62. The Morgan fingerprint density at radius 2 is 2.25 bits per heavy atom. The summed E-state index contributed by atoms with van der Waals surface area (Å²) in [5.74, 6) is 0.891. The molecule has 0 saturated carbocycles. The number of amides is 1. The zero-order chi connectivity index (χ0) is 16.6. The lowest BCUT2D eigenvalue weighted by atomic mass is 9.80. The molecule has 124 valence electrons. The monoisotopic (exact) mass is 324 g/mol. The molecule has 0 radical (unpaired) electrons. The van der Waals surface area contributed by atoms with Crippen LogP contribution >= 0.6 is 0 Å². The molecule has 2 fully saturated rings. The van der Waals surface area contributed by atoms with Crippen molar-refractivity contribution in [2.45, 2.75) is 37.6 Å².